The largest absolute Gasteiger partial charge is 0.454 e. The molecule has 1 aromatic carbocycles. The fraction of sp³-hybridized carbons (Fsp3) is 0.438. The van der Waals surface area contributed by atoms with Gasteiger partial charge in [-0.05, 0) is 18.2 Å². The van der Waals surface area contributed by atoms with E-state index in [1.807, 2.05) is 24.4 Å². The summed E-state index contributed by atoms with van der Waals surface area (Å²) in [5, 5.41) is 10.6. The highest BCUT2D eigenvalue weighted by Gasteiger charge is 2.17. The van der Waals surface area contributed by atoms with E-state index in [4.69, 9.17) is 18.9 Å². The quantitative estimate of drug-likeness (QED) is 0.866. The molecule has 0 saturated carbocycles. The van der Waals surface area contributed by atoms with E-state index in [1.54, 1.807) is 0 Å². The lowest BCUT2D eigenvalue weighted by molar-refractivity contribution is -0.0864. The maximum Gasteiger partial charge on any atom is 0.231 e. The average molecular weight is 317 g/mol. The molecule has 0 aliphatic carbocycles. The third-order valence-electron chi connectivity index (χ3n) is 3.95. The fourth-order valence-electron chi connectivity index (χ4n) is 2.77. The summed E-state index contributed by atoms with van der Waals surface area (Å²) in [5.74, 6) is 1.55. The van der Waals surface area contributed by atoms with E-state index < -0.39 is 0 Å². The molecule has 1 saturated heterocycles. The van der Waals surface area contributed by atoms with Gasteiger partial charge < -0.3 is 24.3 Å². The molecule has 2 aliphatic heterocycles. The monoisotopic (exact) mass is 317 g/mol. The molecule has 0 amide bonds. The number of aromatic amines is 1. The van der Waals surface area contributed by atoms with Crippen molar-refractivity contribution in [3.8, 4) is 22.8 Å². The van der Waals surface area contributed by atoms with Crippen LogP contribution in [0.3, 0.4) is 0 Å². The van der Waals surface area contributed by atoms with Gasteiger partial charge in [-0.25, -0.2) is 0 Å². The Kier molecular flexibility index (Phi) is 4.14. The molecule has 0 radical (unpaired) electrons. The molecule has 0 spiro atoms. The number of ether oxygens (including phenoxy) is 4. The lowest BCUT2D eigenvalue weighted by atomic mass is 10.1. The van der Waals surface area contributed by atoms with E-state index in [0.29, 0.717) is 26.4 Å². The van der Waals surface area contributed by atoms with Gasteiger partial charge >= 0.3 is 0 Å². The van der Waals surface area contributed by atoms with Gasteiger partial charge in [0.25, 0.3) is 0 Å². The van der Waals surface area contributed by atoms with Crippen LogP contribution in [0.2, 0.25) is 0 Å². The van der Waals surface area contributed by atoms with Crippen LogP contribution in [0.4, 0.5) is 0 Å². The van der Waals surface area contributed by atoms with Crippen molar-refractivity contribution in [2.75, 3.05) is 33.2 Å². The van der Waals surface area contributed by atoms with Crippen LogP contribution in [0.5, 0.6) is 11.5 Å². The van der Waals surface area contributed by atoms with E-state index in [1.165, 1.54) is 0 Å². The molecule has 23 heavy (non-hydrogen) atoms. The number of nitrogens with one attached hydrogen (secondary N) is 2. The average Bonchev–Trinajstić information content (AvgIpc) is 3.24. The first-order valence-electron chi connectivity index (χ1n) is 7.72. The van der Waals surface area contributed by atoms with Gasteiger partial charge in [-0.15, -0.1) is 0 Å². The molecule has 7 heteroatoms. The van der Waals surface area contributed by atoms with Gasteiger partial charge in [0.2, 0.25) is 6.79 Å². The standard InChI is InChI=1S/C16H19N3O4/c1-2-14-15(23-10-22-14)5-11(1)16-12(7-18-19-16)6-17-8-13-9-20-3-4-21-13/h1-2,5,7,13,17H,3-4,6,8-10H2,(H,18,19)/t13-/m1/s1. The Morgan fingerprint density at radius 2 is 2.17 bits per heavy atom. The second-order valence-electron chi connectivity index (χ2n) is 5.54. The summed E-state index contributed by atoms with van der Waals surface area (Å²) < 4.78 is 21.8. The zero-order valence-corrected chi connectivity index (χ0v) is 12.7. The minimum atomic E-state index is 0.115. The maximum atomic E-state index is 5.62. The fourth-order valence-corrected chi connectivity index (χ4v) is 2.77. The Hall–Kier alpha value is -2.09. The first-order valence-corrected chi connectivity index (χ1v) is 7.72. The second-order valence-corrected chi connectivity index (χ2v) is 5.54. The van der Waals surface area contributed by atoms with E-state index in [2.05, 4.69) is 15.5 Å². The highest BCUT2D eigenvalue weighted by atomic mass is 16.7. The number of hydrogen-bond donors (Lipinski definition) is 2. The van der Waals surface area contributed by atoms with Crippen LogP contribution < -0.4 is 14.8 Å². The smallest absolute Gasteiger partial charge is 0.231 e. The van der Waals surface area contributed by atoms with Crippen molar-refractivity contribution < 1.29 is 18.9 Å². The predicted octanol–water partition coefficient (Wildman–Crippen LogP) is 1.31. The molecule has 2 aromatic rings. The zero-order chi connectivity index (χ0) is 15.5. The molecular formula is C16H19N3O4. The van der Waals surface area contributed by atoms with Crippen LogP contribution in [-0.4, -0.2) is 49.5 Å². The maximum absolute atomic E-state index is 5.62. The molecule has 1 aromatic heterocycles. The van der Waals surface area contributed by atoms with Crippen molar-refractivity contribution in [2.24, 2.45) is 0 Å². The van der Waals surface area contributed by atoms with Crippen molar-refractivity contribution in [2.45, 2.75) is 12.6 Å². The third kappa shape index (κ3) is 3.17. The second kappa shape index (κ2) is 6.57. The van der Waals surface area contributed by atoms with Gasteiger partial charge in [-0.2, -0.15) is 5.10 Å². The first-order chi connectivity index (χ1) is 11.4. The molecule has 1 fully saturated rings. The number of aromatic nitrogens is 2. The normalized spacial score (nSPS) is 19.9. The van der Waals surface area contributed by atoms with Crippen molar-refractivity contribution in [3.05, 3.63) is 30.0 Å². The van der Waals surface area contributed by atoms with Crippen LogP contribution in [-0.2, 0) is 16.0 Å². The highest BCUT2D eigenvalue weighted by Crippen LogP contribution is 2.36. The lowest BCUT2D eigenvalue weighted by Crippen LogP contribution is -2.37. The van der Waals surface area contributed by atoms with Crippen molar-refractivity contribution in [3.63, 3.8) is 0 Å². The van der Waals surface area contributed by atoms with Gasteiger partial charge in [0.1, 0.15) is 0 Å². The third-order valence-corrected chi connectivity index (χ3v) is 3.95. The minimum Gasteiger partial charge on any atom is -0.454 e. The lowest BCUT2D eigenvalue weighted by Gasteiger charge is -2.23. The van der Waals surface area contributed by atoms with Crippen molar-refractivity contribution in [1.29, 1.82) is 0 Å². The van der Waals surface area contributed by atoms with E-state index >= 15 is 0 Å². The summed E-state index contributed by atoms with van der Waals surface area (Å²) in [4.78, 5) is 0. The summed E-state index contributed by atoms with van der Waals surface area (Å²) in [6, 6.07) is 5.89. The number of H-pyrrole nitrogens is 1. The Morgan fingerprint density at radius 1 is 1.22 bits per heavy atom. The summed E-state index contributed by atoms with van der Waals surface area (Å²) >= 11 is 0. The zero-order valence-electron chi connectivity index (χ0n) is 12.7. The van der Waals surface area contributed by atoms with Crippen LogP contribution in [0, 0.1) is 0 Å². The molecule has 0 bridgehead atoms. The Bertz CT molecular complexity index is 667. The van der Waals surface area contributed by atoms with Gasteiger partial charge in [0, 0.05) is 24.2 Å². The first kappa shape index (κ1) is 14.5. The van der Waals surface area contributed by atoms with Gasteiger partial charge in [0.15, 0.2) is 11.5 Å². The molecule has 3 heterocycles. The number of hydrogen-bond acceptors (Lipinski definition) is 6. The molecule has 0 unspecified atom stereocenters. The van der Waals surface area contributed by atoms with Gasteiger partial charge in [-0.3, -0.25) is 5.10 Å². The summed E-state index contributed by atoms with van der Waals surface area (Å²) in [6.45, 7) is 3.74. The Morgan fingerprint density at radius 3 is 3.09 bits per heavy atom. The highest BCUT2D eigenvalue weighted by molar-refractivity contribution is 5.66. The van der Waals surface area contributed by atoms with Crippen LogP contribution >= 0.6 is 0 Å². The number of benzene rings is 1. The summed E-state index contributed by atoms with van der Waals surface area (Å²) in [5.41, 5.74) is 3.11. The molecular weight excluding hydrogens is 298 g/mol. The van der Waals surface area contributed by atoms with E-state index in [9.17, 15) is 0 Å². The number of rotatable bonds is 5. The summed E-state index contributed by atoms with van der Waals surface area (Å²) in [6.07, 6.45) is 1.95. The van der Waals surface area contributed by atoms with Crippen LogP contribution in [0.25, 0.3) is 11.3 Å². The molecule has 2 N–H and O–H groups in total. The Labute approximate surface area is 133 Å². The Balaban J connectivity index is 1.41. The van der Waals surface area contributed by atoms with E-state index in [0.717, 1.165) is 34.9 Å². The van der Waals surface area contributed by atoms with Crippen LogP contribution in [0.15, 0.2) is 24.4 Å². The topological polar surface area (TPSA) is 77.6 Å². The van der Waals surface area contributed by atoms with Crippen molar-refractivity contribution in [1.82, 2.24) is 15.5 Å². The molecule has 122 valence electrons. The number of fused-ring (bicyclic) bond motifs is 1. The minimum absolute atomic E-state index is 0.115. The summed E-state index contributed by atoms with van der Waals surface area (Å²) in [7, 11) is 0. The molecule has 1 atom stereocenters. The molecule has 7 nitrogen and oxygen atoms in total. The van der Waals surface area contributed by atoms with Gasteiger partial charge in [-0.1, -0.05) is 0 Å². The van der Waals surface area contributed by atoms with Crippen molar-refractivity contribution >= 4 is 0 Å². The van der Waals surface area contributed by atoms with Crippen LogP contribution in [0.1, 0.15) is 5.56 Å². The van der Waals surface area contributed by atoms with Gasteiger partial charge in [0.05, 0.1) is 37.8 Å². The molecule has 2 aliphatic rings. The SMILES string of the molecule is c1cc2c(cc1-c1[nH]ncc1CNC[C@@H]1COCCO1)OCO2. The molecule has 4 rings (SSSR count). The van der Waals surface area contributed by atoms with E-state index in [-0.39, 0.29) is 12.9 Å². The predicted molar refractivity (Wildman–Crippen MR) is 82.4 cm³/mol. The number of nitrogens with zero attached hydrogens (tertiary/aromatic N) is 1.